The van der Waals surface area contributed by atoms with Crippen LogP contribution in [0, 0.1) is 0 Å². The quantitative estimate of drug-likeness (QED) is 0.875. The lowest BCUT2D eigenvalue weighted by Gasteiger charge is -2.08. The fourth-order valence-corrected chi connectivity index (χ4v) is 3.38. The Kier molecular flexibility index (Phi) is 3.54. The number of rotatable bonds is 5. The van der Waals surface area contributed by atoms with Gasteiger partial charge in [-0.1, -0.05) is 5.16 Å². The minimum absolute atomic E-state index is 0.0630. The summed E-state index contributed by atoms with van der Waals surface area (Å²) in [5.74, 6) is 0.967. The van der Waals surface area contributed by atoms with Crippen LogP contribution in [-0.4, -0.2) is 35.0 Å². The predicted octanol–water partition coefficient (Wildman–Crippen LogP) is 1.90. The third-order valence-electron chi connectivity index (χ3n) is 3.38. The Morgan fingerprint density at radius 3 is 2.90 bits per heavy atom. The molecule has 0 spiro atoms. The molecule has 0 radical (unpaired) electrons. The third-order valence-corrected chi connectivity index (χ3v) is 4.55. The summed E-state index contributed by atoms with van der Waals surface area (Å²) in [6.07, 6.45) is 3.53. The lowest BCUT2D eigenvalue weighted by atomic mass is 10.1. The molecule has 0 saturated heterocycles. The highest BCUT2D eigenvalue weighted by atomic mass is 32.1. The zero-order valence-corrected chi connectivity index (χ0v) is 12.7. The van der Waals surface area contributed by atoms with Crippen molar-refractivity contribution in [2.45, 2.75) is 25.3 Å². The van der Waals surface area contributed by atoms with Gasteiger partial charge in [0, 0.05) is 19.7 Å². The number of thiophene rings is 1. The van der Waals surface area contributed by atoms with E-state index in [1.165, 1.54) is 17.7 Å². The van der Waals surface area contributed by atoms with Crippen molar-refractivity contribution in [3.63, 3.8) is 0 Å². The van der Waals surface area contributed by atoms with Gasteiger partial charge in [-0.2, -0.15) is 4.98 Å². The number of amides is 1. The van der Waals surface area contributed by atoms with Gasteiger partial charge in [-0.15, -0.1) is 11.3 Å². The van der Waals surface area contributed by atoms with Gasteiger partial charge in [0.1, 0.15) is 4.88 Å². The van der Waals surface area contributed by atoms with E-state index in [-0.39, 0.29) is 5.91 Å². The molecule has 0 atom stereocenters. The summed E-state index contributed by atoms with van der Waals surface area (Å²) >= 11 is 1.40. The Balaban J connectivity index is 1.87. The number of hydrogen-bond acceptors (Lipinski definition) is 7. The number of hydrogen-bond donors (Lipinski definition) is 2. The molecule has 2 heterocycles. The normalized spacial score (nSPS) is 14.2. The number of carbonyl (C=O) groups excluding carboxylic acids is 1. The van der Waals surface area contributed by atoms with E-state index in [2.05, 4.69) is 15.5 Å². The maximum atomic E-state index is 12.2. The molecule has 1 amide bonds. The molecule has 0 bridgehead atoms. The van der Waals surface area contributed by atoms with Crippen molar-refractivity contribution in [2.24, 2.45) is 0 Å². The number of carbonyl (C=O) groups is 1. The Morgan fingerprint density at radius 1 is 1.57 bits per heavy atom. The topological polar surface area (TPSA) is 97.3 Å². The van der Waals surface area contributed by atoms with Gasteiger partial charge in [-0.25, -0.2) is 0 Å². The van der Waals surface area contributed by atoms with Gasteiger partial charge in [0.15, 0.2) is 5.82 Å². The van der Waals surface area contributed by atoms with Crippen molar-refractivity contribution < 1.29 is 9.32 Å². The molecule has 7 nitrogen and oxygen atoms in total. The average Bonchev–Trinajstić information content (AvgIpc) is 3.04. The Morgan fingerprint density at radius 2 is 2.33 bits per heavy atom. The van der Waals surface area contributed by atoms with Crippen LogP contribution in [-0.2, 0) is 6.54 Å². The number of anilines is 2. The molecule has 1 aliphatic rings. The molecule has 0 aliphatic heterocycles. The Labute approximate surface area is 126 Å². The third kappa shape index (κ3) is 2.71. The van der Waals surface area contributed by atoms with Crippen LogP contribution in [0.4, 0.5) is 10.7 Å². The van der Waals surface area contributed by atoms with Crippen molar-refractivity contribution in [2.75, 3.05) is 25.1 Å². The van der Waals surface area contributed by atoms with E-state index < -0.39 is 0 Å². The SMILES string of the molecule is CN(C)C(=O)c1sc(NCc2ncon2)c(C2CC2)c1N. The van der Waals surface area contributed by atoms with Crippen molar-refractivity contribution in [1.82, 2.24) is 15.0 Å². The van der Waals surface area contributed by atoms with E-state index in [0.717, 1.165) is 23.4 Å². The minimum Gasteiger partial charge on any atom is -0.397 e. The molecule has 21 heavy (non-hydrogen) atoms. The summed E-state index contributed by atoms with van der Waals surface area (Å²) < 4.78 is 4.71. The van der Waals surface area contributed by atoms with Gasteiger partial charge in [0.2, 0.25) is 6.39 Å². The molecule has 1 aliphatic carbocycles. The molecular formula is C13H17N5O2S. The van der Waals surface area contributed by atoms with Gasteiger partial charge >= 0.3 is 0 Å². The summed E-state index contributed by atoms with van der Waals surface area (Å²) in [6.45, 7) is 0.450. The van der Waals surface area contributed by atoms with E-state index in [9.17, 15) is 4.79 Å². The highest BCUT2D eigenvalue weighted by Gasteiger charge is 2.33. The first-order chi connectivity index (χ1) is 10.1. The molecule has 2 aromatic heterocycles. The first-order valence-electron chi connectivity index (χ1n) is 6.71. The lowest BCUT2D eigenvalue weighted by molar-refractivity contribution is 0.0833. The Bertz CT molecular complexity index is 646. The molecular weight excluding hydrogens is 290 g/mol. The number of aromatic nitrogens is 2. The molecule has 2 aromatic rings. The van der Waals surface area contributed by atoms with E-state index in [4.69, 9.17) is 10.3 Å². The smallest absolute Gasteiger partial charge is 0.265 e. The largest absolute Gasteiger partial charge is 0.397 e. The van der Waals surface area contributed by atoms with Crippen molar-refractivity contribution in [1.29, 1.82) is 0 Å². The van der Waals surface area contributed by atoms with Crippen LogP contribution < -0.4 is 11.1 Å². The fourth-order valence-electron chi connectivity index (χ4n) is 2.16. The lowest BCUT2D eigenvalue weighted by Crippen LogP contribution is -2.21. The molecule has 3 rings (SSSR count). The van der Waals surface area contributed by atoms with Gasteiger partial charge < -0.3 is 20.5 Å². The van der Waals surface area contributed by atoms with Crippen LogP contribution >= 0.6 is 11.3 Å². The maximum absolute atomic E-state index is 12.2. The fraction of sp³-hybridized carbons (Fsp3) is 0.462. The summed E-state index contributed by atoms with van der Waals surface area (Å²) in [6, 6.07) is 0. The van der Waals surface area contributed by atoms with E-state index >= 15 is 0 Å². The predicted molar refractivity (Wildman–Crippen MR) is 80.3 cm³/mol. The van der Waals surface area contributed by atoms with Crippen LogP contribution in [0.2, 0.25) is 0 Å². The van der Waals surface area contributed by atoms with Crippen molar-refractivity contribution >= 4 is 27.9 Å². The zero-order chi connectivity index (χ0) is 15.0. The molecule has 112 valence electrons. The van der Waals surface area contributed by atoms with Crippen molar-refractivity contribution in [3.05, 3.63) is 22.7 Å². The van der Waals surface area contributed by atoms with Gasteiger partial charge in [0.25, 0.3) is 5.91 Å². The van der Waals surface area contributed by atoms with Crippen LogP contribution in [0.5, 0.6) is 0 Å². The van der Waals surface area contributed by atoms with Crippen LogP contribution in [0.1, 0.15) is 39.8 Å². The highest BCUT2D eigenvalue weighted by molar-refractivity contribution is 7.18. The summed E-state index contributed by atoms with van der Waals surface area (Å²) in [5.41, 5.74) is 7.88. The minimum atomic E-state index is -0.0630. The second kappa shape index (κ2) is 5.36. The van der Waals surface area contributed by atoms with Gasteiger partial charge in [-0.3, -0.25) is 4.79 Å². The Hall–Kier alpha value is -2.09. The summed E-state index contributed by atoms with van der Waals surface area (Å²) in [7, 11) is 3.45. The second-order valence-electron chi connectivity index (χ2n) is 5.26. The number of nitrogens with zero attached hydrogens (tertiary/aromatic N) is 3. The summed E-state index contributed by atoms with van der Waals surface area (Å²) in [4.78, 5) is 18.3. The maximum Gasteiger partial charge on any atom is 0.265 e. The average molecular weight is 307 g/mol. The first kappa shape index (κ1) is 13.9. The van der Waals surface area contributed by atoms with E-state index in [1.54, 1.807) is 19.0 Å². The molecule has 8 heteroatoms. The second-order valence-corrected chi connectivity index (χ2v) is 6.28. The molecule has 0 aromatic carbocycles. The number of nitrogens with two attached hydrogens (primary N) is 1. The zero-order valence-electron chi connectivity index (χ0n) is 11.9. The summed E-state index contributed by atoms with van der Waals surface area (Å²) in [5, 5.41) is 7.97. The molecule has 0 unspecified atom stereocenters. The molecule has 1 saturated carbocycles. The number of nitrogens with one attached hydrogen (secondary N) is 1. The van der Waals surface area contributed by atoms with E-state index in [1.807, 2.05) is 0 Å². The standard InChI is InChI=1S/C13H17N5O2S/c1-18(2)13(19)11-10(14)9(7-3-4-7)12(21-11)15-5-8-16-6-20-17-8/h6-7,15H,3-5,14H2,1-2H3. The van der Waals surface area contributed by atoms with Gasteiger partial charge in [0.05, 0.1) is 17.2 Å². The van der Waals surface area contributed by atoms with E-state index in [0.29, 0.717) is 28.9 Å². The molecule has 1 fully saturated rings. The molecule has 3 N–H and O–H groups in total. The van der Waals surface area contributed by atoms with Crippen molar-refractivity contribution in [3.8, 4) is 0 Å². The van der Waals surface area contributed by atoms with Gasteiger partial charge in [-0.05, 0) is 18.8 Å². The van der Waals surface area contributed by atoms with Crippen LogP contribution in [0.25, 0.3) is 0 Å². The van der Waals surface area contributed by atoms with Crippen LogP contribution in [0.15, 0.2) is 10.9 Å². The first-order valence-corrected chi connectivity index (χ1v) is 7.52. The monoisotopic (exact) mass is 307 g/mol. The van der Waals surface area contributed by atoms with Crippen LogP contribution in [0.3, 0.4) is 0 Å². The highest BCUT2D eigenvalue weighted by Crippen LogP contribution is 2.51. The number of nitrogen functional groups attached to an aromatic ring is 1.